The van der Waals surface area contributed by atoms with E-state index in [4.69, 9.17) is 5.73 Å². The molecule has 0 saturated carbocycles. The van der Waals surface area contributed by atoms with Gasteiger partial charge >= 0.3 is 0 Å². The van der Waals surface area contributed by atoms with Crippen LogP contribution in [0.15, 0.2) is 0 Å². The molecule has 0 aromatic rings. The van der Waals surface area contributed by atoms with E-state index in [-0.39, 0.29) is 16.8 Å². The fourth-order valence-corrected chi connectivity index (χ4v) is 4.00. The summed E-state index contributed by atoms with van der Waals surface area (Å²) in [6.07, 6.45) is 0.890. The van der Waals surface area contributed by atoms with Crippen molar-refractivity contribution in [2.24, 2.45) is 5.73 Å². The first-order valence-electron chi connectivity index (χ1n) is 3.86. The molecule has 0 aliphatic carbocycles. The van der Waals surface area contributed by atoms with Gasteiger partial charge in [0.1, 0.15) is 5.75 Å². The van der Waals surface area contributed by atoms with Crippen molar-refractivity contribution in [1.82, 2.24) is 4.72 Å². The van der Waals surface area contributed by atoms with Crippen molar-refractivity contribution in [1.29, 1.82) is 0 Å². The predicted molar refractivity (Wildman–Crippen MR) is 59.4 cm³/mol. The lowest BCUT2D eigenvalue weighted by Crippen LogP contribution is -2.39. The van der Waals surface area contributed by atoms with E-state index in [0.29, 0.717) is 0 Å². The molecule has 76 valence electrons. The number of nitrogens with one attached hydrogen (secondary N) is 1. The summed E-state index contributed by atoms with van der Waals surface area (Å²) in [6.45, 7) is 0. The quantitative estimate of drug-likeness (QED) is 0.660. The van der Waals surface area contributed by atoms with Gasteiger partial charge in [0.05, 0.1) is 4.99 Å². The maximum atomic E-state index is 11.3. The van der Waals surface area contributed by atoms with Crippen molar-refractivity contribution >= 4 is 39.0 Å². The minimum atomic E-state index is -3.29. The molecule has 0 aromatic heterocycles. The Bertz CT molecular complexity index is 282. The predicted octanol–water partition coefficient (Wildman–Crippen LogP) is -0.303. The molecule has 0 aromatic carbocycles. The summed E-state index contributed by atoms with van der Waals surface area (Å²) in [5, 5.41) is 0. The monoisotopic (exact) mass is 240 g/mol. The molecule has 1 aliphatic heterocycles. The molecular formula is C6H12N2O2S3. The van der Waals surface area contributed by atoms with Crippen LogP contribution in [0.5, 0.6) is 0 Å². The molecule has 1 unspecified atom stereocenters. The summed E-state index contributed by atoms with van der Waals surface area (Å²) in [7, 11) is -3.29. The Hall–Kier alpha value is 0.150. The number of rotatable bonds is 4. The molecule has 1 saturated heterocycles. The number of thioether (sulfide) groups is 1. The van der Waals surface area contributed by atoms with Gasteiger partial charge in [-0.15, -0.1) is 0 Å². The standard InChI is InChI=1S/C6H12N2O2S3/c7-6(11)4-13(9,10)8-5-1-2-12-3-5/h5,8H,1-4H2,(H2,7,11). The summed E-state index contributed by atoms with van der Waals surface area (Å²) in [5.74, 6) is 1.61. The van der Waals surface area contributed by atoms with Gasteiger partial charge in [-0.25, -0.2) is 13.1 Å². The van der Waals surface area contributed by atoms with Gasteiger partial charge < -0.3 is 5.73 Å². The van der Waals surface area contributed by atoms with Crippen molar-refractivity contribution < 1.29 is 8.42 Å². The molecule has 1 heterocycles. The maximum Gasteiger partial charge on any atom is 0.218 e. The molecule has 7 heteroatoms. The van der Waals surface area contributed by atoms with Crippen molar-refractivity contribution in [3.05, 3.63) is 0 Å². The van der Waals surface area contributed by atoms with Crippen LogP contribution in [-0.2, 0) is 10.0 Å². The largest absolute Gasteiger partial charge is 0.392 e. The van der Waals surface area contributed by atoms with E-state index in [1.54, 1.807) is 11.8 Å². The molecule has 1 fully saturated rings. The highest BCUT2D eigenvalue weighted by molar-refractivity contribution is 7.99. The van der Waals surface area contributed by atoms with Gasteiger partial charge in [0, 0.05) is 11.8 Å². The lowest BCUT2D eigenvalue weighted by molar-refractivity contribution is 0.567. The highest BCUT2D eigenvalue weighted by Gasteiger charge is 2.21. The summed E-state index contributed by atoms with van der Waals surface area (Å²) in [4.78, 5) is 0.0122. The Kier molecular flexibility index (Phi) is 3.96. The van der Waals surface area contributed by atoms with Crippen LogP contribution < -0.4 is 10.5 Å². The molecular weight excluding hydrogens is 228 g/mol. The zero-order chi connectivity index (χ0) is 9.90. The smallest absolute Gasteiger partial charge is 0.218 e. The average molecular weight is 240 g/mol. The second-order valence-electron chi connectivity index (χ2n) is 2.90. The van der Waals surface area contributed by atoms with E-state index in [2.05, 4.69) is 16.9 Å². The fraction of sp³-hybridized carbons (Fsp3) is 0.833. The third-order valence-electron chi connectivity index (χ3n) is 1.61. The van der Waals surface area contributed by atoms with Gasteiger partial charge in [0.25, 0.3) is 0 Å². The Labute approximate surface area is 87.7 Å². The highest BCUT2D eigenvalue weighted by Crippen LogP contribution is 2.17. The van der Waals surface area contributed by atoms with E-state index < -0.39 is 10.0 Å². The molecule has 0 radical (unpaired) electrons. The van der Waals surface area contributed by atoms with Gasteiger partial charge in [-0.1, -0.05) is 12.2 Å². The van der Waals surface area contributed by atoms with Crippen LogP contribution in [0.4, 0.5) is 0 Å². The molecule has 13 heavy (non-hydrogen) atoms. The molecule has 1 rings (SSSR count). The zero-order valence-corrected chi connectivity index (χ0v) is 9.47. The molecule has 0 amide bonds. The maximum absolute atomic E-state index is 11.3. The van der Waals surface area contributed by atoms with Crippen LogP contribution in [0.1, 0.15) is 6.42 Å². The Balaban J connectivity index is 2.46. The Morgan fingerprint density at radius 1 is 1.69 bits per heavy atom. The molecule has 1 aliphatic rings. The van der Waals surface area contributed by atoms with Gasteiger partial charge in [-0.05, 0) is 12.2 Å². The summed E-state index contributed by atoms with van der Waals surface area (Å²) >= 11 is 6.29. The molecule has 0 bridgehead atoms. The second-order valence-corrected chi connectivity index (χ2v) is 6.33. The van der Waals surface area contributed by atoms with Crippen LogP contribution in [-0.4, -0.2) is 36.7 Å². The van der Waals surface area contributed by atoms with Crippen LogP contribution in [0.2, 0.25) is 0 Å². The fourth-order valence-electron chi connectivity index (χ4n) is 1.11. The summed E-state index contributed by atoms with van der Waals surface area (Å²) in [6, 6.07) is 0.0596. The van der Waals surface area contributed by atoms with E-state index in [1.165, 1.54) is 0 Å². The highest BCUT2D eigenvalue weighted by atomic mass is 32.2. The van der Waals surface area contributed by atoms with Crippen LogP contribution in [0.3, 0.4) is 0 Å². The third-order valence-corrected chi connectivity index (χ3v) is 4.48. The normalized spacial score (nSPS) is 23.2. The minimum Gasteiger partial charge on any atom is -0.392 e. The lowest BCUT2D eigenvalue weighted by atomic mass is 10.3. The topological polar surface area (TPSA) is 72.2 Å². The average Bonchev–Trinajstić information content (AvgIpc) is 2.34. The lowest BCUT2D eigenvalue weighted by Gasteiger charge is -2.10. The molecule has 4 nitrogen and oxygen atoms in total. The number of hydrogen-bond donors (Lipinski definition) is 2. The van der Waals surface area contributed by atoms with Gasteiger partial charge in [0.2, 0.25) is 10.0 Å². The zero-order valence-electron chi connectivity index (χ0n) is 7.02. The van der Waals surface area contributed by atoms with Gasteiger partial charge in [-0.2, -0.15) is 11.8 Å². The second kappa shape index (κ2) is 4.59. The summed E-state index contributed by atoms with van der Waals surface area (Å²) < 4.78 is 25.2. The van der Waals surface area contributed by atoms with Gasteiger partial charge in [-0.3, -0.25) is 0 Å². The van der Waals surface area contributed by atoms with E-state index in [9.17, 15) is 8.42 Å². The van der Waals surface area contributed by atoms with Gasteiger partial charge in [0.15, 0.2) is 0 Å². The first kappa shape index (κ1) is 11.2. The summed E-state index contributed by atoms with van der Waals surface area (Å²) in [5.41, 5.74) is 5.16. The van der Waals surface area contributed by atoms with E-state index >= 15 is 0 Å². The molecule has 3 N–H and O–H groups in total. The van der Waals surface area contributed by atoms with Crippen LogP contribution >= 0.6 is 24.0 Å². The number of hydrogen-bond acceptors (Lipinski definition) is 4. The first-order valence-corrected chi connectivity index (χ1v) is 7.07. The Morgan fingerprint density at radius 3 is 2.85 bits per heavy atom. The number of sulfonamides is 1. The molecule has 0 spiro atoms. The Morgan fingerprint density at radius 2 is 2.38 bits per heavy atom. The minimum absolute atomic E-state index is 0.0122. The van der Waals surface area contributed by atoms with Crippen LogP contribution in [0, 0.1) is 0 Å². The van der Waals surface area contributed by atoms with Crippen molar-refractivity contribution in [3.8, 4) is 0 Å². The van der Waals surface area contributed by atoms with Crippen molar-refractivity contribution in [2.75, 3.05) is 17.3 Å². The number of thiocarbonyl (C=S) groups is 1. The van der Waals surface area contributed by atoms with Crippen molar-refractivity contribution in [2.45, 2.75) is 12.5 Å². The van der Waals surface area contributed by atoms with Crippen molar-refractivity contribution in [3.63, 3.8) is 0 Å². The van der Waals surface area contributed by atoms with E-state index in [1.807, 2.05) is 0 Å². The van der Waals surface area contributed by atoms with E-state index in [0.717, 1.165) is 17.9 Å². The van der Waals surface area contributed by atoms with Crippen LogP contribution in [0.25, 0.3) is 0 Å². The SMILES string of the molecule is NC(=S)CS(=O)(=O)NC1CCSC1. The third kappa shape index (κ3) is 4.26. The first-order chi connectivity index (χ1) is 5.99. The number of nitrogens with two attached hydrogens (primary N) is 1. The molecule has 1 atom stereocenters.